The number of pyridine rings is 1. The largest absolute Gasteiger partial charge is 0.490 e. The number of rotatable bonds is 12. The lowest BCUT2D eigenvalue weighted by Gasteiger charge is -2.20. The van der Waals surface area contributed by atoms with Gasteiger partial charge in [0.25, 0.3) is 0 Å². The van der Waals surface area contributed by atoms with Crippen LogP contribution in [0.1, 0.15) is 29.3 Å². The smallest absolute Gasteiger partial charge is 0.226 e. The Hall–Kier alpha value is -5.68. The SMILES string of the molecule is CCN(C)CCN(C)C.Cc1c(Cl)c2c(Cl)c(C)c1-c1c(-c3ccc(F)cc3)sc3ncnc(c13)OCCc1cc(ccc1OCc1ccnc(-c3ccc(NCCN)nc3)n1)OCCO2. The Bertz CT molecular complexity index is 2710. The minimum atomic E-state index is -0.337. The summed E-state index contributed by atoms with van der Waals surface area (Å²) >= 11 is 15.5. The van der Waals surface area contributed by atoms with Gasteiger partial charge in [-0.2, -0.15) is 0 Å². The number of hydrogen-bond donors (Lipinski definition) is 2. The van der Waals surface area contributed by atoms with E-state index in [0.29, 0.717) is 74.4 Å². The minimum Gasteiger partial charge on any atom is -0.490 e. The maximum atomic E-state index is 14.1. The normalized spacial score (nSPS) is 12.5. The van der Waals surface area contributed by atoms with E-state index in [0.717, 1.165) is 62.7 Å². The van der Waals surface area contributed by atoms with E-state index in [2.05, 4.69) is 63.1 Å². The van der Waals surface area contributed by atoms with Gasteiger partial charge in [-0.3, -0.25) is 0 Å². The zero-order valence-electron chi connectivity index (χ0n) is 38.0. The van der Waals surface area contributed by atoms with Gasteiger partial charge in [-0.1, -0.05) is 42.3 Å². The van der Waals surface area contributed by atoms with Crippen molar-refractivity contribution in [3.63, 3.8) is 0 Å². The van der Waals surface area contributed by atoms with Gasteiger partial charge in [0.05, 0.1) is 27.7 Å². The molecule has 7 aromatic rings. The van der Waals surface area contributed by atoms with E-state index in [9.17, 15) is 4.39 Å². The summed E-state index contributed by atoms with van der Waals surface area (Å²) in [7, 11) is 6.34. The molecule has 17 heteroatoms. The number of thiophene rings is 1. The van der Waals surface area contributed by atoms with Gasteiger partial charge in [0.2, 0.25) is 5.88 Å². The molecule has 0 spiro atoms. The number of benzene rings is 3. The highest BCUT2D eigenvalue weighted by molar-refractivity contribution is 7.22. The number of ether oxygens (including phenoxy) is 4. The summed E-state index contributed by atoms with van der Waals surface area (Å²) in [6.45, 7) is 11.5. The second-order valence-electron chi connectivity index (χ2n) is 15.8. The van der Waals surface area contributed by atoms with Gasteiger partial charge in [-0.25, -0.2) is 29.3 Å². The molecule has 2 aliphatic rings. The first-order valence-electron chi connectivity index (χ1n) is 21.7. The van der Waals surface area contributed by atoms with Crippen molar-refractivity contribution >= 4 is 50.6 Å². The molecule has 4 aromatic heterocycles. The van der Waals surface area contributed by atoms with Crippen LogP contribution in [0.25, 0.3) is 43.2 Å². The summed E-state index contributed by atoms with van der Waals surface area (Å²) in [6, 6.07) is 17.6. The average molecular weight is 955 g/mol. The predicted octanol–water partition coefficient (Wildman–Crippen LogP) is 9.78. The molecule has 3 N–H and O–H groups in total. The molecule has 2 aliphatic heterocycles. The molecule has 0 saturated carbocycles. The predicted molar refractivity (Wildman–Crippen MR) is 263 cm³/mol. The zero-order valence-corrected chi connectivity index (χ0v) is 40.3. The molecule has 0 aliphatic carbocycles. The van der Waals surface area contributed by atoms with Crippen molar-refractivity contribution < 1.29 is 23.3 Å². The van der Waals surface area contributed by atoms with Gasteiger partial charge in [0.15, 0.2) is 11.6 Å². The Kier molecular flexibility index (Phi) is 16.6. The van der Waals surface area contributed by atoms with Crippen LogP contribution in [0.15, 0.2) is 79.4 Å². The number of nitrogens with zero attached hydrogens (tertiary/aromatic N) is 7. The molecule has 4 bridgehead atoms. The number of nitrogens with two attached hydrogens (primary N) is 1. The molecule has 3 aromatic carbocycles. The van der Waals surface area contributed by atoms with Crippen LogP contribution in [0.5, 0.6) is 23.1 Å². The molecule has 9 rings (SSSR count). The van der Waals surface area contributed by atoms with E-state index >= 15 is 0 Å². The van der Waals surface area contributed by atoms with Crippen molar-refractivity contribution in [1.82, 2.24) is 34.7 Å². The Labute approximate surface area is 399 Å². The Morgan fingerprint density at radius 3 is 2.32 bits per heavy atom. The van der Waals surface area contributed by atoms with E-state index in [-0.39, 0.29) is 32.2 Å². The maximum Gasteiger partial charge on any atom is 0.226 e. The maximum absolute atomic E-state index is 14.1. The van der Waals surface area contributed by atoms with Gasteiger partial charge in [-0.05, 0) is 112 Å². The van der Waals surface area contributed by atoms with Gasteiger partial charge in [-0.15, -0.1) is 11.3 Å². The van der Waals surface area contributed by atoms with Crippen molar-refractivity contribution in [2.24, 2.45) is 5.73 Å². The summed E-state index contributed by atoms with van der Waals surface area (Å²) in [4.78, 5) is 28.9. The summed E-state index contributed by atoms with van der Waals surface area (Å²) in [5.41, 5.74) is 11.8. The lowest BCUT2D eigenvalue weighted by atomic mass is 9.92. The standard InChI is InChI=1S/C42H36Cl2FN7O4S.C7H18N2/c1-23-33-24(2)37(44)38(36(23)43)54-18-17-53-30-8-9-31(56-21-29-11-14-48-40(52-29)27-5-10-32(49-20-27)47-15-13-46)26(19-30)12-16-55-41-35-34(33)39(57-42(35)51-22-50-41)25-3-6-28(45)7-4-25;1-5-9(4)7-6-8(2)3/h3-11,14,19-20,22H,12-13,15-18,21,46H2,1-2H3,(H,47,49);5-7H2,1-4H3. The van der Waals surface area contributed by atoms with Crippen LogP contribution < -0.4 is 30.0 Å². The third-order valence-electron chi connectivity index (χ3n) is 10.9. The summed E-state index contributed by atoms with van der Waals surface area (Å²) < 4.78 is 39.3. The topological polar surface area (TPSA) is 146 Å². The molecule has 0 radical (unpaired) electrons. The molecule has 0 fully saturated rings. The Morgan fingerprint density at radius 2 is 1.61 bits per heavy atom. The quantitative estimate of drug-likeness (QED) is 0.120. The average Bonchev–Trinajstić information content (AvgIpc) is 3.71. The zero-order chi connectivity index (χ0) is 46.7. The van der Waals surface area contributed by atoms with Crippen molar-refractivity contribution in [2.75, 3.05) is 79.0 Å². The third-order valence-corrected chi connectivity index (χ3v) is 12.9. The molecular weight excluding hydrogens is 901 g/mol. The number of halogens is 3. The van der Waals surface area contributed by atoms with Gasteiger partial charge < -0.3 is 39.8 Å². The van der Waals surface area contributed by atoms with Gasteiger partial charge in [0, 0.05) is 66.6 Å². The molecule has 0 unspecified atom stereocenters. The third kappa shape index (κ3) is 11.6. The van der Waals surface area contributed by atoms with Crippen LogP contribution in [-0.4, -0.2) is 108 Å². The molecule has 0 saturated heterocycles. The van der Waals surface area contributed by atoms with Gasteiger partial charge in [0.1, 0.15) is 54.1 Å². The van der Waals surface area contributed by atoms with Crippen LogP contribution in [0.2, 0.25) is 10.0 Å². The molecule has 66 heavy (non-hydrogen) atoms. The van der Waals surface area contributed by atoms with Crippen molar-refractivity contribution in [3.05, 3.63) is 118 Å². The highest BCUT2D eigenvalue weighted by Crippen LogP contribution is 2.52. The molecule has 13 nitrogen and oxygen atoms in total. The number of likely N-dealkylation sites (N-methyl/N-ethyl adjacent to an activating group) is 2. The van der Waals surface area contributed by atoms with Crippen LogP contribution in [0.3, 0.4) is 0 Å². The van der Waals surface area contributed by atoms with Gasteiger partial charge >= 0.3 is 0 Å². The van der Waals surface area contributed by atoms with Crippen molar-refractivity contribution in [3.8, 4) is 56.1 Å². The molecule has 0 atom stereocenters. The number of anilines is 1. The van der Waals surface area contributed by atoms with Crippen LogP contribution in [0, 0.1) is 19.7 Å². The van der Waals surface area contributed by atoms with E-state index in [1.54, 1.807) is 24.5 Å². The molecule has 346 valence electrons. The lowest BCUT2D eigenvalue weighted by Crippen LogP contribution is -2.28. The number of aromatic nitrogens is 5. The highest BCUT2D eigenvalue weighted by Gasteiger charge is 2.28. The number of nitrogens with one attached hydrogen (secondary N) is 1. The van der Waals surface area contributed by atoms with E-state index in [4.69, 9.17) is 52.9 Å². The van der Waals surface area contributed by atoms with Crippen molar-refractivity contribution in [1.29, 1.82) is 0 Å². The summed E-state index contributed by atoms with van der Waals surface area (Å²) in [6.07, 6.45) is 5.36. The number of fused-ring (bicyclic) bond motifs is 7. The second-order valence-corrected chi connectivity index (χ2v) is 17.6. The van der Waals surface area contributed by atoms with Crippen molar-refractivity contribution in [2.45, 2.75) is 33.8 Å². The first kappa shape index (κ1) is 48.3. The second kappa shape index (κ2) is 22.7. The Morgan fingerprint density at radius 1 is 0.848 bits per heavy atom. The lowest BCUT2D eigenvalue weighted by molar-refractivity contribution is 0.216. The first-order valence-corrected chi connectivity index (χ1v) is 23.2. The fourth-order valence-corrected chi connectivity index (χ4v) is 8.85. The molecule has 0 amide bonds. The fourth-order valence-electron chi connectivity index (χ4n) is 7.17. The monoisotopic (exact) mass is 953 g/mol. The van der Waals surface area contributed by atoms with Crippen LogP contribution in [0.4, 0.5) is 10.2 Å². The summed E-state index contributed by atoms with van der Waals surface area (Å²) in [5, 5.41) is 4.60. The fraction of sp³-hybridized carbons (Fsp3) is 0.327. The van der Waals surface area contributed by atoms with E-state index in [1.165, 1.54) is 36.3 Å². The number of hydrogen-bond acceptors (Lipinski definition) is 14. The van der Waals surface area contributed by atoms with Crippen LogP contribution in [-0.2, 0) is 13.0 Å². The van der Waals surface area contributed by atoms with E-state index < -0.39 is 0 Å². The summed E-state index contributed by atoms with van der Waals surface area (Å²) in [5.74, 6) is 2.94. The first-order chi connectivity index (χ1) is 31.9. The highest BCUT2D eigenvalue weighted by atomic mass is 35.5. The molecular formula is C49H54Cl2FN9O4S. The Balaban J connectivity index is 0.000000653. The molecule has 6 heterocycles. The van der Waals surface area contributed by atoms with E-state index in [1.807, 2.05) is 50.2 Å². The minimum absolute atomic E-state index is 0.188. The van der Waals surface area contributed by atoms with Crippen LogP contribution >= 0.6 is 34.5 Å².